The van der Waals surface area contributed by atoms with E-state index in [1.54, 1.807) is 6.20 Å². The van der Waals surface area contributed by atoms with Crippen LogP contribution < -0.4 is 5.73 Å². The van der Waals surface area contributed by atoms with Crippen molar-refractivity contribution in [1.29, 1.82) is 0 Å². The van der Waals surface area contributed by atoms with Crippen LogP contribution in [0.5, 0.6) is 0 Å². The van der Waals surface area contributed by atoms with E-state index in [2.05, 4.69) is 32.3 Å². The second kappa shape index (κ2) is 4.31. The van der Waals surface area contributed by atoms with Gasteiger partial charge in [-0.25, -0.2) is 0 Å². The number of hydrogen-bond acceptors (Lipinski definition) is 6. The molecule has 3 N–H and O–H groups in total. The third-order valence-electron chi connectivity index (χ3n) is 4.80. The van der Waals surface area contributed by atoms with Crippen molar-refractivity contribution in [1.82, 2.24) is 25.2 Å². The van der Waals surface area contributed by atoms with E-state index in [4.69, 9.17) is 10.3 Å². The van der Waals surface area contributed by atoms with Gasteiger partial charge in [-0.05, 0) is 32.7 Å². The molecule has 2 aromatic heterocycles. The van der Waals surface area contributed by atoms with E-state index in [1.165, 1.54) is 12.8 Å². The van der Waals surface area contributed by atoms with Gasteiger partial charge in [0.2, 0.25) is 0 Å². The molecule has 2 saturated heterocycles. The number of nitrogen functional groups attached to an aromatic ring is 1. The molecule has 0 aromatic carbocycles. The summed E-state index contributed by atoms with van der Waals surface area (Å²) in [5.41, 5.74) is 6.46. The van der Waals surface area contributed by atoms with E-state index in [1.807, 2.05) is 0 Å². The summed E-state index contributed by atoms with van der Waals surface area (Å²) in [5.74, 6) is 2.13. The number of aromatic nitrogens is 4. The molecule has 2 aliphatic rings. The van der Waals surface area contributed by atoms with Gasteiger partial charge in [-0.2, -0.15) is 10.1 Å². The zero-order chi connectivity index (χ0) is 13.7. The van der Waals surface area contributed by atoms with Crippen LogP contribution in [-0.2, 0) is 0 Å². The van der Waals surface area contributed by atoms with Gasteiger partial charge in [-0.3, -0.25) is 5.10 Å². The number of nitrogens with one attached hydrogen (secondary N) is 1. The predicted octanol–water partition coefficient (Wildman–Crippen LogP) is 1.38. The Hall–Kier alpha value is -1.89. The van der Waals surface area contributed by atoms with Gasteiger partial charge in [-0.15, -0.1) is 0 Å². The lowest BCUT2D eigenvalue weighted by Crippen LogP contribution is -2.39. The summed E-state index contributed by atoms with van der Waals surface area (Å²) in [6.07, 6.45) is 6.43. The summed E-state index contributed by atoms with van der Waals surface area (Å²) in [6, 6.07) is 1.33. The van der Waals surface area contributed by atoms with Crippen molar-refractivity contribution >= 4 is 5.82 Å². The number of anilines is 1. The molecule has 4 heterocycles. The molecule has 2 fully saturated rings. The fourth-order valence-corrected chi connectivity index (χ4v) is 3.60. The first-order valence-electron chi connectivity index (χ1n) is 7.07. The Kier molecular flexibility index (Phi) is 2.56. The summed E-state index contributed by atoms with van der Waals surface area (Å²) in [7, 11) is 2.23. The topological polar surface area (TPSA) is 96.9 Å². The normalized spacial score (nSPS) is 29.9. The first-order chi connectivity index (χ1) is 9.72. The van der Waals surface area contributed by atoms with Crippen LogP contribution in [0.25, 0.3) is 11.5 Å². The first-order valence-corrected chi connectivity index (χ1v) is 7.07. The monoisotopic (exact) mass is 274 g/mol. The minimum Gasteiger partial charge on any atom is -0.383 e. The van der Waals surface area contributed by atoms with E-state index in [9.17, 15) is 0 Å². The summed E-state index contributed by atoms with van der Waals surface area (Å²) < 4.78 is 5.35. The Bertz CT molecular complexity index is 606. The summed E-state index contributed by atoms with van der Waals surface area (Å²) in [5, 5.41) is 10.7. The molecule has 7 nitrogen and oxygen atoms in total. The van der Waals surface area contributed by atoms with Gasteiger partial charge in [0.1, 0.15) is 11.4 Å². The van der Waals surface area contributed by atoms with E-state index in [0.717, 1.165) is 18.7 Å². The van der Waals surface area contributed by atoms with Crippen LogP contribution in [0.15, 0.2) is 10.7 Å². The molecule has 2 unspecified atom stereocenters. The van der Waals surface area contributed by atoms with Gasteiger partial charge in [0, 0.05) is 18.0 Å². The van der Waals surface area contributed by atoms with Gasteiger partial charge in [0.15, 0.2) is 5.82 Å². The highest BCUT2D eigenvalue weighted by atomic mass is 16.5. The molecule has 2 bridgehead atoms. The predicted molar refractivity (Wildman–Crippen MR) is 72.8 cm³/mol. The molecular formula is C13H18N6O. The van der Waals surface area contributed by atoms with Gasteiger partial charge >= 0.3 is 0 Å². The highest BCUT2D eigenvalue weighted by Gasteiger charge is 2.40. The standard InChI is InChI=1S/C13H18N6O/c1-19-8-2-3-9(19)5-7(4-8)12-16-13(20-18-12)10-6-15-17-11(10)14/h6-9H,2-5H2,1H3,(H3,14,15,17). The summed E-state index contributed by atoms with van der Waals surface area (Å²) in [4.78, 5) is 7.03. The molecule has 2 aliphatic heterocycles. The van der Waals surface area contributed by atoms with Gasteiger partial charge in [-0.1, -0.05) is 5.16 Å². The third kappa shape index (κ3) is 1.73. The van der Waals surface area contributed by atoms with Crippen molar-refractivity contribution in [3.63, 3.8) is 0 Å². The fourth-order valence-electron chi connectivity index (χ4n) is 3.60. The summed E-state index contributed by atoms with van der Waals surface area (Å²) >= 11 is 0. The maximum atomic E-state index is 5.78. The van der Waals surface area contributed by atoms with Gasteiger partial charge < -0.3 is 15.2 Å². The minimum absolute atomic E-state index is 0.398. The molecule has 0 spiro atoms. The van der Waals surface area contributed by atoms with E-state index < -0.39 is 0 Å². The maximum Gasteiger partial charge on any atom is 0.263 e. The van der Waals surface area contributed by atoms with Crippen LogP contribution in [0.2, 0.25) is 0 Å². The molecule has 106 valence electrons. The highest BCUT2D eigenvalue weighted by molar-refractivity contribution is 5.65. The highest BCUT2D eigenvalue weighted by Crippen LogP contribution is 2.41. The van der Waals surface area contributed by atoms with Gasteiger partial charge in [0.05, 0.1) is 6.20 Å². The number of aromatic amines is 1. The Labute approximate surface area is 116 Å². The number of rotatable bonds is 2. The lowest BCUT2D eigenvalue weighted by atomic mass is 9.90. The Morgan fingerprint density at radius 3 is 2.75 bits per heavy atom. The summed E-state index contributed by atoms with van der Waals surface area (Å²) in [6.45, 7) is 0. The Balaban J connectivity index is 1.59. The van der Waals surface area contributed by atoms with Crippen LogP contribution in [0.1, 0.15) is 37.4 Å². The molecular weight excluding hydrogens is 256 g/mol. The second-order valence-corrected chi connectivity index (χ2v) is 5.87. The largest absolute Gasteiger partial charge is 0.383 e. The zero-order valence-corrected chi connectivity index (χ0v) is 11.4. The second-order valence-electron chi connectivity index (χ2n) is 5.87. The molecule has 0 saturated carbocycles. The smallest absolute Gasteiger partial charge is 0.263 e. The van der Waals surface area contributed by atoms with Crippen LogP contribution >= 0.6 is 0 Å². The van der Waals surface area contributed by atoms with Crippen molar-refractivity contribution in [2.45, 2.75) is 43.7 Å². The number of fused-ring (bicyclic) bond motifs is 2. The van der Waals surface area contributed by atoms with Crippen LogP contribution in [0, 0.1) is 0 Å². The molecule has 7 heteroatoms. The van der Waals surface area contributed by atoms with E-state index in [-0.39, 0.29) is 0 Å². The molecule has 0 amide bonds. The average Bonchev–Trinajstić information content (AvgIpc) is 3.10. The van der Waals surface area contributed by atoms with Crippen molar-refractivity contribution in [3.8, 4) is 11.5 Å². The van der Waals surface area contributed by atoms with E-state index in [0.29, 0.717) is 35.3 Å². The SMILES string of the molecule is CN1C2CCC1CC(c1noc(-c3cn[nH]c3N)n1)C2. The number of nitrogens with two attached hydrogens (primary N) is 1. The molecule has 0 radical (unpaired) electrons. The number of piperidine rings is 1. The quantitative estimate of drug-likeness (QED) is 0.858. The Morgan fingerprint density at radius 2 is 2.10 bits per heavy atom. The van der Waals surface area contributed by atoms with Crippen molar-refractivity contribution in [2.24, 2.45) is 0 Å². The minimum atomic E-state index is 0.398. The number of H-pyrrole nitrogens is 1. The lowest BCUT2D eigenvalue weighted by molar-refractivity contribution is 0.157. The molecule has 20 heavy (non-hydrogen) atoms. The lowest BCUT2D eigenvalue weighted by Gasteiger charge is -2.34. The van der Waals surface area contributed by atoms with Crippen LogP contribution in [-0.4, -0.2) is 44.4 Å². The maximum absolute atomic E-state index is 5.78. The molecule has 2 aromatic rings. The zero-order valence-electron chi connectivity index (χ0n) is 11.4. The third-order valence-corrected chi connectivity index (χ3v) is 4.80. The molecule has 4 rings (SSSR count). The van der Waals surface area contributed by atoms with Crippen molar-refractivity contribution < 1.29 is 4.52 Å². The number of hydrogen-bond donors (Lipinski definition) is 2. The van der Waals surface area contributed by atoms with Crippen LogP contribution in [0.3, 0.4) is 0 Å². The molecule has 0 aliphatic carbocycles. The van der Waals surface area contributed by atoms with Crippen molar-refractivity contribution in [3.05, 3.63) is 12.0 Å². The van der Waals surface area contributed by atoms with Crippen LogP contribution in [0.4, 0.5) is 5.82 Å². The average molecular weight is 274 g/mol. The molecule has 2 atom stereocenters. The fraction of sp³-hybridized carbons (Fsp3) is 0.615. The number of nitrogens with zero attached hydrogens (tertiary/aromatic N) is 4. The first kappa shape index (κ1) is 11.9. The van der Waals surface area contributed by atoms with E-state index >= 15 is 0 Å². The Morgan fingerprint density at radius 1 is 1.35 bits per heavy atom. The van der Waals surface area contributed by atoms with Gasteiger partial charge in [0.25, 0.3) is 5.89 Å². The van der Waals surface area contributed by atoms with Crippen molar-refractivity contribution in [2.75, 3.05) is 12.8 Å².